The maximum Gasteiger partial charge on any atom is 0.254 e. The van der Waals surface area contributed by atoms with Crippen molar-refractivity contribution in [2.75, 3.05) is 44.2 Å². The number of hydrogen-bond donors (Lipinski definition) is 1. The number of furan rings is 1. The van der Waals surface area contributed by atoms with Crippen molar-refractivity contribution in [2.24, 2.45) is 0 Å². The Morgan fingerprint density at radius 1 is 1.22 bits per heavy atom. The average molecular weight is 315 g/mol. The monoisotopic (exact) mass is 315 g/mol. The molecule has 0 unspecified atom stereocenters. The molecule has 122 valence electrons. The summed E-state index contributed by atoms with van der Waals surface area (Å²) < 4.78 is 4.90. The van der Waals surface area contributed by atoms with Crippen molar-refractivity contribution in [3.8, 4) is 0 Å². The second kappa shape index (κ2) is 7.73. The third kappa shape index (κ3) is 4.29. The molecule has 7 heteroatoms. The van der Waals surface area contributed by atoms with Gasteiger partial charge in [-0.1, -0.05) is 0 Å². The van der Waals surface area contributed by atoms with Gasteiger partial charge in [0.2, 0.25) is 5.95 Å². The summed E-state index contributed by atoms with van der Waals surface area (Å²) in [6.45, 7) is 5.51. The fourth-order valence-electron chi connectivity index (χ4n) is 2.63. The van der Waals surface area contributed by atoms with E-state index in [4.69, 9.17) is 4.42 Å². The third-order valence-electron chi connectivity index (χ3n) is 3.93. The standard InChI is InChI=1S/C16H21N5O2/c22-15(14-3-12-23-13-14)17-6-2-7-20-8-10-21(11-9-20)16-18-4-1-5-19-16/h1,3-5,12-13H,2,6-11H2,(H,17,22). The molecule has 23 heavy (non-hydrogen) atoms. The molecule has 7 nitrogen and oxygen atoms in total. The van der Waals surface area contributed by atoms with Crippen LogP contribution in [0.2, 0.25) is 0 Å². The number of piperazine rings is 1. The number of anilines is 1. The average Bonchev–Trinajstić information content (AvgIpc) is 3.15. The largest absolute Gasteiger partial charge is 0.472 e. The minimum Gasteiger partial charge on any atom is -0.472 e. The first-order valence-electron chi connectivity index (χ1n) is 7.87. The highest BCUT2D eigenvalue weighted by atomic mass is 16.3. The van der Waals surface area contributed by atoms with Gasteiger partial charge in [-0.15, -0.1) is 0 Å². The van der Waals surface area contributed by atoms with Crippen LogP contribution >= 0.6 is 0 Å². The van der Waals surface area contributed by atoms with Crippen LogP contribution in [0.4, 0.5) is 5.95 Å². The fourth-order valence-corrected chi connectivity index (χ4v) is 2.63. The molecule has 0 bridgehead atoms. The molecule has 0 saturated carbocycles. The molecule has 1 aliphatic heterocycles. The van der Waals surface area contributed by atoms with Crippen LogP contribution in [-0.2, 0) is 0 Å². The second-order valence-electron chi connectivity index (χ2n) is 5.50. The highest BCUT2D eigenvalue weighted by molar-refractivity contribution is 5.93. The van der Waals surface area contributed by atoms with E-state index in [9.17, 15) is 4.79 Å². The van der Waals surface area contributed by atoms with Crippen molar-refractivity contribution >= 4 is 11.9 Å². The summed E-state index contributed by atoms with van der Waals surface area (Å²) in [6.07, 6.45) is 7.45. The van der Waals surface area contributed by atoms with Crippen molar-refractivity contribution in [1.82, 2.24) is 20.2 Å². The molecule has 0 aromatic carbocycles. The Kier molecular flexibility index (Phi) is 5.21. The Morgan fingerprint density at radius 3 is 2.70 bits per heavy atom. The van der Waals surface area contributed by atoms with Crippen LogP contribution in [0.25, 0.3) is 0 Å². The van der Waals surface area contributed by atoms with E-state index in [1.807, 2.05) is 6.07 Å². The van der Waals surface area contributed by atoms with E-state index in [0.717, 1.165) is 45.1 Å². The minimum absolute atomic E-state index is 0.0789. The summed E-state index contributed by atoms with van der Waals surface area (Å²) in [4.78, 5) is 24.9. The van der Waals surface area contributed by atoms with Gasteiger partial charge in [0.25, 0.3) is 5.91 Å². The van der Waals surface area contributed by atoms with Gasteiger partial charge in [0.05, 0.1) is 11.8 Å². The van der Waals surface area contributed by atoms with E-state index in [1.54, 1.807) is 18.5 Å². The molecule has 0 atom stereocenters. The lowest BCUT2D eigenvalue weighted by Gasteiger charge is -2.34. The first kappa shape index (κ1) is 15.5. The SMILES string of the molecule is O=C(NCCCN1CCN(c2ncccn2)CC1)c1ccoc1. The Labute approximate surface area is 135 Å². The number of aromatic nitrogens is 2. The number of hydrogen-bond acceptors (Lipinski definition) is 6. The molecule has 3 heterocycles. The lowest BCUT2D eigenvalue weighted by molar-refractivity contribution is 0.0951. The molecular formula is C16H21N5O2. The molecule has 1 aliphatic rings. The summed E-state index contributed by atoms with van der Waals surface area (Å²) in [7, 11) is 0. The number of rotatable bonds is 6. The Morgan fingerprint density at radius 2 is 2.00 bits per heavy atom. The van der Waals surface area contributed by atoms with Crippen molar-refractivity contribution < 1.29 is 9.21 Å². The summed E-state index contributed by atoms with van der Waals surface area (Å²) >= 11 is 0. The third-order valence-corrected chi connectivity index (χ3v) is 3.93. The van der Waals surface area contributed by atoms with E-state index in [-0.39, 0.29) is 5.91 Å². The van der Waals surface area contributed by atoms with Crippen molar-refractivity contribution in [1.29, 1.82) is 0 Å². The van der Waals surface area contributed by atoms with Crippen LogP contribution < -0.4 is 10.2 Å². The summed E-state index contributed by atoms with van der Waals surface area (Å²) in [5.41, 5.74) is 0.571. The zero-order valence-electron chi connectivity index (χ0n) is 13.0. The van der Waals surface area contributed by atoms with E-state index >= 15 is 0 Å². The lowest BCUT2D eigenvalue weighted by atomic mass is 10.3. The molecule has 1 N–H and O–H groups in total. The molecule has 0 radical (unpaired) electrons. The van der Waals surface area contributed by atoms with Crippen LogP contribution in [0.5, 0.6) is 0 Å². The minimum atomic E-state index is -0.0789. The van der Waals surface area contributed by atoms with Gasteiger partial charge in [0.15, 0.2) is 0 Å². The van der Waals surface area contributed by atoms with Crippen molar-refractivity contribution in [2.45, 2.75) is 6.42 Å². The molecule has 0 aliphatic carbocycles. The predicted octanol–water partition coefficient (Wildman–Crippen LogP) is 1.01. The molecular weight excluding hydrogens is 294 g/mol. The van der Waals surface area contributed by atoms with E-state index < -0.39 is 0 Å². The predicted molar refractivity (Wildman–Crippen MR) is 86.3 cm³/mol. The maximum atomic E-state index is 11.8. The molecule has 1 amide bonds. The van der Waals surface area contributed by atoms with Crippen LogP contribution in [0.1, 0.15) is 16.8 Å². The number of nitrogens with zero attached hydrogens (tertiary/aromatic N) is 4. The van der Waals surface area contributed by atoms with E-state index in [0.29, 0.717) is 12.1 Å². The van der Waals surface area contributed by atoms with Gasteiger partial charge in [-0.25, -0.2) is 9.97 Å². The normalized spacial score (nSPS) is 15.6. The first-order chi connectivity index (χ1) is 11.3. The van der Waals surface area contributed by atoms with Crippen LogP contribution in [0.3, 0.4) is 0 Å². The van der Waals surface area contributed by atoms with Crippen LogP contribution in [0, 0.1) is 0 Å². The van der Waals surface area contributed by atoms with Gasteiger partial charge < -0.3 is 14.6 Å². The molecule has 3 rings (SSSR count). The summed E-state index contributed by atoms with van der Waals surface area (Å²) in [5.74, 6) is 0.726. The van der Waals surface area contributed by atoms with Gasteiger partial charge in [0.1, 0.15) is 6.26 Å². The summed E-state index contributed by atoms with van der Waals surface area (Å²) in [5, 5.41) is 2.90. The van der Waals surface area contributed by atoms with Gasteiger partial charge in [-0.2, -0.15) is 0 Å². The number of carbonyl (C=O) groups is 1. The van der Waals surface area contributed by atoms with Crippen molar-refractivity contribution in [3.05, 3.63) is 42.6 Å². The highest BCUT2D eigenvalue weighted by Gasteiger charge is 2.18. The molecule has 2 aromatic heterocycles. The highest BCUT2D eigenvalue weighted by Crippen LogP contribution is 2.09. The smallest absolute Gasteiger partial charge is 0.254 e. The van der Waals surface area contributed by atoms with Crippen molar-refractivity contribution in [3.63, 3.8) is 0 Å². The maximum absolute atomic E-state index is 11.8. The summed E-state index contributed by atoms with van der Waals surface area (Å²) in [6, 6.07) is 3.50. The number of carbonyl (C=O) groups excluding carboxylic acids is 1. The van der Waals surface area contributed by atoms with E-state index in [2.05, 4.69) is 25.1 Å². The Bertz CT molecular complexity index is 594. The second-order valence-corrected chi connectivity index (χ2v) is 5.50. The molecule has 1 saturated heterocycles. The van der Waals surface area contributed by atoms with Gasteiger partial charge in [-0.05, 0) is 25.1 Å². The zero-order chi connectivity index (χ0) is 15.9. The van der Waals surface area contributed by atoms with Gasteiger partial charge in [-0.3, -0.25) is 9.69 Å². The first-order valence-corrected chi connectivity index (χ1v) is 7.87. The molecule has 2 aromatic rings. The van der Waals surface area contributed by atoms with Crippen LogP contribution in [0.15, 0.2) is 41.5 Å². The Balaban J connectivity index is 1.33. The van der Waals surface area contributed by atoms with Gasteiger partial charge in [0, 0.05) is 45.1 Å². The number of nitrogens with one attached hydrogen (secondary N) is 1. The fraction of sp³-hybridized carbons (Fsp3) is 0.438. The van der Waals surface area contributed by atoms with E-state index in [1.165, 1.54) is 12.5 Å². The van der Waals surface area contributed by atoms with Crippen LogP contribution in [-0.4, -0.2) is 60.0 Å². The molecule has 1 fully saturated rings. The topological polar surface area (TPSA) is 74.5 Å². The zero-order valence-corrected chi connectivity index (χ0v) is 13.0. The quantitative estimate of drug-likeness (QED) is 0.802. The molecule has 0 spiro atoms. The number of amides is 1. The Hall–Kier alpha value is -2.41. The van der Waals surface area contributed by atoms with Gasteiger partial charge >= 0.3 is 0 Å². The lowest BCUT2D eigenvalue weighted by Crippen LogP contribution is -2.47.